The Labute approximate surface area is 109 Å². The number of carbonyl (C=O) groups is 2. The fraction of sp³-hybridized carbons (Fsp3) is 0.154. The maximum Gasteiger partial charge on any atom is 0.337 e. The van der Waals surface area contributed by atoms with E-state index in [-0.39, 0.29) is 18.0 Å². The zero-order valence-corrected chi connectivity index (χ0v) is 10.3. The number of amides is 1. The van der Waals surface area contributed by atoms with Crippen molar-refractivity contribution in [1.82, 2.24) is 9.55 Å². The number of carboxylic acid groups (broad SMARTS) is 1. The van der Waals surface area contributed by atoms with Crippen LogP contribution >= 0.6 is 0 Å². The normalized spacial score (nSPS) is 10.2. The van der Waals surface area contributed by atoms with Crippen LogP contribution in [-0.2, 0) is 11.3 Å². The molecule has 0 aliphatic carbocycles. The minimum absolute atomic E-state index is 0.0513. The molecule has 2 aromatic heterocycles. The van der Waals surface area contributed by atoms with Crippen molar-refractivity contribution in [3.05, 3.63) is 47.9 Å². The van der Waals surface area contributed by atoms with Crippen LogP contribution in [0.15, 0.2) is 36.7 Å². The lowest BCUT2D eigenvalue weighted by atomic mass is 10.2. The molecule has 0 aliphatic heterocycles. The molecule has 0 unspecified atom stereocenters. The van der Waals surface area contributed by atoms with Crippen LogP contribution in [0.3, 0.4) is 0 Å². The van der Waals surface area contributed by atoms with Crippen LogP contribution in [0.25, 0.3) is 0 Å². The molecule has 0 aliphatic rings. The average Bonchev–Trinajstić information content (AvgIpc) is 2.72. The van der Waals surface area contributed by atoms with E-state index in [0.29, 0.717) is 11.5 Å². The lowest BCUT2D eigenvalue weighted by molar-refractivity contribution is -0.116. The maximum atomic E-state index is 11.8. The highest BCUT2D eigenvalue weighted by atomic mass is 16.4. The number of carbonyl (C=O) groups excluding carboxylic acids is 1. The Morgan fingerprint density at radius 3 is 2.74 bits per heavy atom. The van der Waals surface area contributed by atoms with Gasteiger partial charge in [-0.2, -0.15) is 0 Å². The summed E-state index contributed by atoms with van der Waals surface area (Å²) in [5.74, 6) is -0.786. The van der Waals surface area contributed by atoms with E-state index in [4.69, 9.17) is 5.11 Å². The molecule has 0 saturated heterocycles. The number of anilines is 1. The number of nitrogens with one attached hydrogen (secondary N) is 1. The highest BCUT2D eigenvalue weighted by Crippen LogP contribution is 2.10. The predicted octanol–water partition coefficient (Wildman–Crippen LogP) is 1.53. The molecule has 0 bridgehead atoms. The first kappa shape index (κ1) is 12.8. The molecule has 98 valence electrons. The van der Waals surface area contributed by atoms with Crippen molar-refractivity contribution in [3.8, 4) is 0 Å². The maximum absolute atomic E-state index is 11.8. The van der Waals surface area contributed by atoms with Gasteiger partial charge in [0.1, 0.15) is 12.4 Å². The molecule has 1 amide bonds. The second-order valence-corrected chi connectivity index (χ2v) is 4.01. The molecule has 0 fully saturated rings. The lowest BCUT2D eigenvalue weighted by Crippen LogP contribution is -2.19. The zero-order chi connectivity index (χ0) is 13.8. The molecule has 0 spiro atoms. The summed E-state index contributed by atoms with van der Waals surface area (Å²) >= 11 is 0. The molecule has 2 heterocycles. The second-order valence-electron chi connectivity index (χ2n) is 4.01. The van der Waals surface area contributed by atoms with Crippen LogP contribution in [0.4, 0.5) is 5.82 Å². The summed E-state index contributed by atoms with van der Waals surface area (Å²) in [5, 5.41) is 11.6. The molecular formula is C13H13N3O3. The molecule has 2 aromatic rings. The summed E-state index contributed by atoms with van der Waals surface area (Å²) in [5.41, 5.74) is 0.745. The van der Waals surface area contributed by atoms with Crippen molar-refractivity contribution in [1.29, 1.82) is 0 Å². The van der Waals surface area contributed by atoms with Gasteiger partial charge in [-0.15, -0.1) is 0 Å². The number of pyridine rings is 1. The van der Waals surface area contributed by atoms with Gasteiger partial charge in [-0.25, -0.2) is 9.78 Å². The summed E-state index contributed by atoms with van der Waals surface area (Å²) in [6, 6.07) is 6.69. The minimum Gasteiger partial charge on any atom is -0.478 e. The number of hydrogen-bond acceptors (Lipinski definition) is 3. The number of hydrogen-bond donors (Lipinski definition) is 2. The number of rotatable bonds is 4. The van der Waals surface area contributed by atoms with Gasteiger partial charge in [-0.1, -0.05) is 6.07 Å². The van der Waals surface area contributed by atoms with Crippen LogP contribution in [0.2, 0.25) is 0 Å². The third kappa shape index (κ3) is 2.98. The molecule has 2 rings (SSSR count). The van der Waals surface area contributed by atoms with E-state index in [2.05, 4.69) is 10.3 Å². The van der Waals surface area contributed by atoms with Crippen molar-refractivity contribution in [2.75, 3.05) is 5.32 Å². The van der Waals surface area contributed by atoms with Gasteiger partial charge in [0.15, 0.2) is 0 Å². The topological polar surface area (TPSA) is 84.2 Å². The van der Waals surface area contributed by atoms with Crippen molar-refractivity contribution >= 4 is 17.7 Å². The van der Waals surface area contributed by atoms with E-state index in [0.717, 1.165) is 0 Å². The van der Waals surface area contributed by atoms with Gasteiger partial charge in [0, 0.05) is 18.1 Å². The summed E-state index contributed by atoms with van der Waals surface area (Å²) in [4.78, 5) is 26.7. The highest BCUT2D eigenvalue weighted by molar-refractivity contribution is 5.91. The zero-order valence-electron chi connectivity index (χ0n) is 10.3. The summed E-state index contributed by atoms with van der Waals surface area (Å²) in [6.07, 6.45) is 3.16. The Bertz CT molecular complexity index is 605. The Balaban J connectivity index is 2.05. The smallest absolute Gasteiger partial charge is 0.337 e. The fourth-order valence-corrected chi connectivity index (χ4v) is 1.72. The molecule has 19 heavy (non-hydrogen) atoms. The first-order valence-electron chi connectivity index (χ1n) is 5.68. The molecule has 0 radical (unpaired) electrons. The van der Waals surface area contributed by atoms with Gasteiger partial charge in [-0.3, -0.25) is 4.79 Å². The summed E-state index contributed by atoms with van der Waals surface area (Å²) in [6.45, 7) is 1.72. The minimum atomic E-state index is -0.999. The second kappa shape index (κ2) is 5.34. The molecule has 6 heteroatoms. The van der Waals surface area contributed by atoms with Crippen molar-refractivity contribution in [3.63, 3.8) is 0 Å². The third-order valence-corrected chi connectivity index (χ3v) is 2.72. The Morgan fingerprint density at radius 2 is 2.16 bits per heavy atom. The predicted molar refractivity (Wildman–Crippen MR) is 69.0 cm³/mol. The third-order valence-electron chi connectivity index (χ3n) is 2.72. The molecule has 0 saturated carbocycles. The van der Waals surface area contributed by atoms with Crippen LogP contribution in [0.1, 0.15) is 16.1 Å². The van der Waals surface area contributed by atoms with E-state index < -0.39 is 5.97 Å². The van der Waals surface area contributed by atoms with Gasteiger partial charge in [0.05, 0.1) is 5.56 Å². The van der Waals surface area contributed by atoms with Gasteiger partial charge in [0.25, 0.3) is 0 Å². The van der Waals surface area contributed by atoms with Crippen molar-refractivity contribution in [2.24, 2.45) is 0 Å². The number of nitrogens with zero attached hydrogens (tertiary/aromatic N) is 2. The number of aromatic carboxylic acids is 1. The van der Waals surface area contributed by atoms with E-state index in [1.807, 2.05) is 0 Å². The SMILES string of the molecule is Cc1c(C(=O)O)ccn1CC(=O)Nc1ccccn1. The fourth-order valence-electron chi connectivity index (χ4n) is 1.72. The lowest BCUT2D eigenvalue weighted by Gasteiger charge is -2.07. The molecule has 6 nitrogen and oxygen atoms in total. The Kier molecular flexibility index (Phi) is 3.61. The molecule has 2 N–H and O–H groups in total. The highest BCUT2D eigenvalue weighted by Gasteiger charge is 2.13. The quantitative estimate of drug-likeness (QED) is 0.872. The number of aromatic nitrogens is 2. The van der Waals surface area contributed by atoms with Crippen LogP contribution in [-0.4, -0.2) is 26.5 Å². The monoisotopic (exact) mass is 259 g/mol. The van der Waals surface area contributed by atoms with E-state index >= 15 is 0 Å². The van der Waals surface area contributed by atoms with Crippen LogP contribution in [0, 0.1) is 6.92 Å². The van der Waals surface area contributed by atoms with Gasteiger partial charge in [-0.05, 0) is 25.1 Å². The average molecular weight is 259 g/mol. The van der Waals surface area contributed by atoms with E-state index in [9.17, 15) is 9.59 Å². The largest absolute Gasteiger partial charge is 0.478 e. The molecular weight excluding hydrogens is 246 g/mol. The Hall–Kier alpha value is -2.63. The van der Waals surface area contributed by atoms with Gasteiger partial charge >= 0.3 is 5.97 Å². The number of carboxylic acids is 1. The van der Waals surface area contributed by atoms with Crippen LogP contribution in [0.5, 0.6) is 0 Å². The van der Waals surface area contributed by atoms with Gasteiger partial charge < -0.3 is 15.0 Å². The van der Waals surface area contributed by atoms with E-state index in [1.165, 1.54) is 6.07 Å². The molecule has 0 aromatic carbocycles. The van der Waals surface area contributed by atoms with Gasteiger partial charge in [0.2, 0.25) is 5.91 Å². The standard InChI is InChI=1S/C13H13N3O3/c1-9-10(13(18)19)5-7-16(9)8-12(17)15-11-4-2-3-6-14-11/h2-7H,8H2,1H3,(H,18,19)(H,14,15,17). The Morgan fingerprint density at radius 1 is 1.37 bits per heavy atom. The summed E-state index contributed by atoms with van der Waals surface area (Å²) < 4.78 is 1.59. The molecule has 0 atom stereocenters. The summed E-state index contributed by atoms with van der Waals surface area (Å²) in [7, 11) is 0. The van der Waals surface area contributed by atoms with Crippen molar-refractivity contribution < 1.29 is 14.7 Å². The van der Waals surface area contributed by atoms with Crippen LogP contribution < -0.4 is 5.32 Å². The first-order valence-corrected chi connectivity index (χ1v) is 5.68. The van der Waals surface area contributed by atoms with Crippen molar-refractivity contribution in [2.45, 2.75) is 13.5 Å². The first-order chi connectivity index (χ1) is 9.08. The van der Waals surface area contributed by atoms with E-state index in [1.54, 1.807) is 42.1 Å².